The summed E-state index contributed by atoms with van der Waals surface area (Å²) in [4.78, 5) is 18.9. The Morgan fingerprint density at radius 3 is 2.78 bits per heavy atom. The van der Waals surface area contributed by atoms with Gasteiger partial charge in [0.25, 0.3) is 5.91 Å². The van der Waals surface area contributed by atoms with Crippen LogP contribution in [0, 0.1) is 5.82 Å². The summed E-state index contributed by atoms with van der Waals surface area (Å²) in [5.41, 5.74) is -1.32. The first-order valence-electron chi connectivity index (χ1n) is 8.18. The van der Waals surface area contributed by atoms with Crippen LogP contribution in [0.5, 0.6) is 0 Å². The fourth-order valence-electron chi connectivity index (χ4n) is 3.04. The van der Waals surface area contributed by atoms with Crippen LogP contribution in [-0.4, -0.2) is 29.2 Å². The molecule has 0 aliphatic carbocycles. The predicted octanol–water partition coefficient (Wildman–Crippen LogP) is 4.30. The van der Waals surface area contributed by atoms with E-state index in [0.717, 1.165) is 6.07 Å². The van der Waals surface area contributed by atoms with E-state index in [1.54, 1.807) is 12.3 Å². The van der Waals surface area contributed by atoms with Gasteiger partial charge in [-0.25, -0.2) is 4.39 Å². The average Bonchev–Trinajstić information content (AvgIpc) is 2.92. The van der Waals surface area contributed by atoms with Gasteiger partial charge in [-0.2, -0.15) is 13.2 Å². The molecule has 0 radical (unpaired) electrons. The Labute approximate surface area is 161 Å². The first kappa shape index (κ1) is 19.6. The molecule has 0 aromatic heterocycles. The van der Waals surface area contributed by atoms with E-state index < -0.39 is 29.5 Å². The van der Waals surface area contributed by atoms with Crippen molar-refractivity contribution in [3.8, 4) is 0 Å². The van der Waals surface area contributed by atoms with E-state index in [9.17, 15) is 22.4 Å². The minimum atomic E-state index is -4.80. The highest BCUT2D eigenvalue weighted by Gasteiger charge is 2.36. The number of carbonyl (C=O) groups excluding carboxylic acids is 1. The minimum absolute atomic E-state index is 0.00388. The molecule has 0 unspecified atom stereocenters. The van der Waals surface area contributed by atoms with Gasteiger partial charge in [-0.05, 0) is 41.9 Å². The lowest BCUT2D eigenvalue weighted by molar-refractivity contribution is -0.140. The molecule has 0 bridgehead atoms. The van der Waals surface area contributed by atoms with Crippen LogP contribution in [0.15, 0.2) is 45.5 Å². The topological polar surface area (TPSA) is 44.7 Å². The SMILES string of the molecule is C[C@@H]1CN2C=C(Br)C=C(C(=O)N[C@H](C)c3cccc(C(F)(F)F)c3F)C2=N1. The molecule has 144 valence electrons. The molecule has 0 fully saturated rings. The largest absolute Gasteiger partial charge is 0.419 e. The van der Waals surface area contributed by atoms with Crippen molar-refractivity contribution >= 4 is 27.7 Å². The summed E-state index contributed by atoms with van der Waals surface area (Å²) in [5, 5.41) is 2.56. The van der Waals surface area contributed by atoms with Gasteiger partial charge in [0.1, 0.15) is 11.7 Å². The number of nitrogens with one attached hydrogen (secondary N) is 1. The number of amides is 1. The summed E-state index contributed by atoms with van der Waals surface area (Å²) in [6.45, 7) is 3.96. The number of aliphatic imine (C=N–C) groups is 1. The molecule has 27 heavy (non-hydrogen) atoms. The van der Waals surface area contributed by atoms with Gasteiger partial charge in [0, 0.05) is 22.8 Å². The van der Waals surface area contributed by atoms with Gasteiger partial charge in [-0.1, -0.05) is 12.1 Å². The number of alkyl halides is 3. The normalized spacial score (nSPS) is 20.5. The molecule has 2 aliphatic rings. The summed E-state index contributed by atoms with van der Waals surface area (Å²) >= 11 is 3.33. The Morgan fingerprint density at radius 1 is 1.41 bits per heavy atom. The Hall–Kier alpha value is -2.16. The molecule has 1 amide bonds. The van der Waals surface area contributed by atoms with Crippen LogP contribution in [-0.2, 0) is 11.0 Å². The monoisotopic (exact) mass is 445 g/mol. The number of hydrogen-bond donors (Lipinski definition) is 1. The van der Waals surface area contributed by atoms with Crippen molar-refractivity contribution in [3.05, 3.63) is 57.5 Å². The Kier molecular flexibility index (Phi) is 5.16. The first-order chi connectivity index (χ1) is 12.6. The Balaban J connectivity index is 1.85. The molecule has 2 aliphatic heterocycles. The molecule has 2 heterocycles. The number of fused-ring (bicyclic) bond motifs is 1. The second kappa shape index (κ2) is 7.10. The van der Waals surface area contributed by atoms with E-state index in [-0.39, 0.29) is 17.2 Å². The molecule has 2 atom stereocenters. The molecule has 0 saturated heterocycles. The number of hydrogen-bond acceptors (Lipinski definition) is 3. The van der Waals surface area contributed by atoms with Gasteiger partial charge < -0.3 is 10.2 Å². The molecule has 0 saturated carbocycles. The number of halogens is 5. The molecular formula is C18H16BrF4N3O. The van der Waals surface area contributed by atoms with Crippen molar-refractivity contribution in [3.63, 3.8) is 0 Å². The zero-order valence-corrected chi connectivity index (χ0v) is 16.0. The zero-order chi connectivity index (χ0) is 19.9. The second-order valence-corrected chi connectivity index (χ2v) is 7.34. The standard InChI is InChI=1S/C18H16BrF4N3O/c1-9-7-26-8-11(19)6-13(16(26)24-9)17(27)25-10(2)12-4-3-5-14(15(12)20)18(21,22)23/h3-6,8-10H,7H2,1-2H3,(H,25,27)/t9-,10-/m1/s1. The third kappa shape index (κ3) is 3.92. The van der Waals surface area contributed by atoms with Crippen LogP contribution in [0.25, 0.3) is 0 Å². The van der Waals surface area contributed by atoms with E-state index in [2.05, 4.69) is 26.2 Å². The smallest absolute Gasteiger partial charge is 0.345 e. The third-order valence-electron chi connectivity index (χ3n) is 4.27. The molecule has 9 heteroatoms. The number of allylic oxidation sites excluding steroid dienone is 2. The van der Waals surface area contributed by atoms with Crippen molar-refractivity contribution in [2.75, 3.05) is 6.54 Å². The van der Waals surface area contributed by atoms with E-state index in [0.29, 0.717) is 22.9 Å². The van der Waals surface area contributed by atoms with E-state index in [1.165, 1.54) is 13.0 Å². The summed E-state index contributed by atoms with van der Waals surface area (Å²) in [6.07, 6.45) is -1.42. The van der Waals surface area contributed by atoms with E-state index in [1.807, 2.05) is 11.8 Å². The maximum atomic E-state index is 14.3. The molecule has 3 rings (SSSR count). The maximum Gasteiger partial charge on any atom is 0.419 e. The second-order valence-electron chi connectivity index (χ2n) is 6.43. The number of benzene rings is 1. The molecule has 1 aromatic rings. The number of amidine groups is 1. The number of nitrogens with zero attached hydrogens (tertiary/aromatic N) is 2. The zero-order valence-electron chi connectivity index (χ0n) is 14.4. The first-order valence-corrected chi connectivity index (χ1v) is 8.97. The highest BCUT2D eigenvalue weighted by molar-refractivity contribution is 9.11. The van der Waals surface area contributed by atoms with Crippen molar-refractivity contribution in [1.29, 1.82) is 0 Å². The number of carbonyl (C=O) groups is 1. The highest BCUT2D eigenvalue weighted by Crippen LogP contribution is 2.34. The average molecular weight is 446 g/mol. The molecule has 1 N–H and O–H groups in total. The van der Waals surface area contributed by atoms with Gasteiger partial charge in [-0.15, -0.1) is 0 Å². The summed E-state index contributed by atoms with van der Waals surface area (Å²) in [7, 11) is 0. The molecule has 0 spiro atoms. The fourth-order valence-corrected chi connectivity index (χ4v) is 3.52. The van der Waals surface area contributed by atoms with Crippen molar-refractivity contribution < 1.29 is 22.4 Å². The minimum Gasteiger partial charge on any atom is -0.345 e. The lowest BCUT2D eigenvalue weighted by Gasteiger charge is -2.24. The number of rotatable bonds is 3. The summed E-state index contributed by atoms with van der Waals surface area (Å²) in [5.74, 6) is -1.44. The van der Waals surface area contributed by atoms with Crippen molar-refractivity contribution in [1.82, 2.24) is 10.2 Å². The Morgan fingerprint density at radius 2 is 2.11 bits per heavy atom. The third-order valence-corrected chi connectivity index (χ3v) is 4.70. The molecule has 1 aromatic carbocycles. The highest BCUT2D eigenvalue weighted by atomic mass is 79.9. The van der Waals surface area contributed by atoms with Crippen molar-refractivity contribution in [2.24, 2.45) is 4.99 Å². The molecular weight excluding hydrogens is 430 g/mol. The maximum absolute atomic E-state index is 14.3. The van der Waals surface area contributed by atoms with Gasteiger partial charge in [0.05, 0.1) is 23.2 Å². The van der Waals surface area contributed by atoms with Crippen LogP contribution >= 0.6 is 15.9 Å². The quantitative estimate of drug-likeness (QED) is 0.704. The van der Waals surface area contributed by atoms with Crippen molar-refractivity contribution in [2.45, 2.75) is 32.1 Å². The molecule has 4 nitrogen and oxygen atoms in total. The fraction of sp³-hybridized carbons (Fsp3) is 0.333. The van der Waals surface area contributed by atoms with Gasteiger partial charge in [-0.3, -0.25) is 9.79 Å². The lowest BCUT2D eigenvalue weighted by atomic mass is 10.0. The van der Waals surface area contributed by atoms with Gasteiger partial charge >= 0.3 is 6.18 Å². The summed E-state index contributed by atoms with van der Waals surface area (Å²) < 4.78 is 53.7. The van der Waals surface area contributed by atoms with Crippen LogP contribution < -0.4 is 5.32 Å². The van der Waals surface area contributed by atoms with Gasteiger partial charge in [0.15, 0.2) is 0 Å². The van der Waals surface area contributed by atoms with E-state index in [4.69, 9.17) is 0 Å². The Bertz CT molecular complexity index is 876. The summed E-state index contributed by atoms with van der Waals surface area (Å²) in [6, 6.07) is 2.06. The van der Waals surface area contributed by atoms with Gasteiger partial charge in [0.2, 0.25) is 0 Å². The van der Waals surface area contributed by atoms with Crippen LogP contribution in [0.1, 0.15) is 31.0 Å². The lowest BCUT2D eigenvalue weighted by Crippen LogP contribution is -2.36. The predicted molar refractivity (Wildman–Crippen MR) is 96.7 cm³/mol. The van der Waals surface area contributed by atoms with Crippen LogP contribution in [0.2, 0.25) is 0 Å². The van der Waals surface area contributed by atoms with E-state index >= 15 is 0 Å². The van der Waals surface area contributed by atoms with Crippen LogP contribution in [0.4, 0.5) is 17.6 Å². The van der Waals surface area contributed by atoms with Crippen LogP contribution in [0.3, 0.4) is 0 Å².